The summed E-state index contributed by atoms with van der Waals surface area (Å²) >= 11 is 6.34. The van der Waals surface area contributed by atoms with E-state index >= 15 is 0 Å². The van der Waals surface area contributed by atoms with Gasteiger partial charge in [-0.2, -0.15) is 13.2 Å². The predicted molar refractivity (Wildman–Crippen MR) is 151 cm³/mol. The Balaban J connectivity index is 1.66. The number of halogens is 4. The zero-order valence-electron chi connectivity index (χ0n) is 21.9. The maximum atomic E-state index is 13.7. The number of azo groups is 1. The van der Waals surface area contributed by atoms with Crippen molar-refractivity contribution in [2.75, 3.05) is 0 Å². The number of benzene rings is 4. The molecule has 0 atom stereocenters. The van der Waals surface area contributed by atoms with Gasteiger partial charge in [-0.05, 0) is 73.0 Å². The molecule has 42 heavy (non-hydrogen) atoms. The van der Waals surface area contributed by atoms with Crippen LogP contribution in [0.3, 0.4) is 0 Å². The normalized spacial score (nSPS) is 11.9. The van der Waals surface area contributed by atoms with E-state index in [-0.39, 0.29) is 44.4 Å². The van der Waals surface area contributed by atoms with Crippen molar-refractivity contribution in [3.8, 4) is 34.2 Å². The fraction of sp³-hybridized carbons (Fsp3) is 0.100. The van der Waals surface area contributed by atoms with E-state index in [0.29, 0.717) is 11.3 Å². The topological polar surface area (TPSA) is 117 Å². The lowest BCUT2D eigenvalue weighted by Crippen LogP contribution is -2.05. The molecule has 0 spiro atoms. The minimum absolute atomic E-state index is 0.0262. The van der Waals surface area contributed by atoms with Gasteiger partial charge >= 0.3 is 12.3 Å². The molecule has 4 aromatic carbocycles. The van der Waals surface area contributed by atoms with E-state index in [1.165, 1.54) is 28.8 Å². The number of aromatic nitrogens is 1. The highest BCUT2D eigenvalue weighted by atomic mass is 35.5. The monoisotopic (exact) mass is 595 g/mol. The van der Waals surface area contributed by atoms with Crippen LogP contribution in [0.1, 0.15) is 16.7 Å². The van der Waals surface area contributed by atoms with Gasteiger partial charge in [0.2, 0.25) is 5.88 Å². The van der Waals surface area contributed by atoms with Crippen LogP contribution in [0.2, 0.25) is 5.02 Å². The lowest BCUT2D eigenvalue weighted by atomic mass is 10.0. The molecule has 0 unspecified atom stereocenters. The first kappa shape index (κ1) is 28.5. The summed E-state index contributed by atoms with van der Waals surface area (Å²) < 4.78 is 47.0. The number of ether oxygens (including phenoxy) is 1. The smallest absolute Gasteiger partial charge is 0.505 e. The number of phenols is 1. The van der Waals surface area contributed by atoms with Crippen molar-refractivity contribution in [2.24, 2.45) is 10.2 Å². The van der Waals surface area contributed by atoms with Crippen molar-refractivity contribution < 1.29 is 38.0 Å². The van der Waals surface area contributed by atoms with Crippen molar-refractivity contribution >= 4 is 40.0 Å². The van der Waals surface area contributed by atoms with E-state index in [0.717, 1.165) is 23.3 Å². The first-order valence-corrected chi connectivity index (χ1v) is 12.7. The number of nitrogens with zero attached hydrogens (tertiary/aromatic N) is 3. The molecule has 12 heteroatoms. The molecular weight excluding hydrogens is 575 g/mol. The standard InChI is InChI=1S/C30H21ClF3N3O5/c1-15-9-10-19(11-16(15)2)37-24-14-18(30(32,33)34)13-22(31)25(24)26(28(37)39)36-35-23-8-4-7-21(27(23)38)17-5-3-6-20(12-17)42-29(40)41/h3-14,38-39H,1-2H3,(H,40,41). The van der Waals surface area contributed by atoms with Crippen LogP contribution in [-0.2, 0) is 6.18 Å². The van der Waals surface area contributed by atoms with Crippen LogP contribution in [0.5, 0.6) is 17.4 Å². The second-order valence-corrected chi connectivity index (χ2v) is 9.80. The van der Waals surface area contributed by atoms with Gasteiger partial charge < -0.3 is 20.1 Å². The number of carbonyl (C=O) groups is 1. The summed E-state index contributed by atoms with van der Waals surface area (Å²) in [5.74, 6) is -0.799. The molecule has 5 rings (SSSR count). The van der Waals surface area contributed by atoms with Gasteiger partial charge in [-0.15, -0.1) is 10.2 Å². The number of aromatic hydroxyl groups is 2. The van der Waals surface area contributed by atoms with Crippen LogP contribution in [0.25, 0.3) is 27.7 Å². The molecule has 0 amide bonds. The number of hydrogen-bond acceptors (Lipinski definition) is 6. The number of aryl methyl sites for hydroxylation is 2. The van der Waals surface area contributed by atoms with Crippen LogP contribution in [-0.4, -0.2) is 26.0 Å². The van der Waals surface area contributed by atoms with E-state index in [4.69, 9.17) is 16.7 Å². The number of fused-ring (bicyclic) bond motifs is 1. The van der Waals surface area contributed by atoms with Crippen molar-refractivity contribution in [1.82, 2.24) is 4.57 Å². The van der Waals surface area contributed by atoms with Gasteiger partial charge in [0.15, 0.2) is 11.4 Å². The summed E-state index contributed by atoms with van der Waals surface area (Å²) in [5, 5.41) is 39.1. The van der Waals surface area contributed by atoms with E-state index in [1.807, 2.05) is 13.8 Å². The molecule has 0 saturated carbocycles. The average Bonchev–Trinajstić information content (AvgIpc) is 3.20. The number of rotatable bonds is 5. The quantitative estimate of drug-likeness (QED) is 0.106. The fourth-order valence-electron chi connectivity index (χ4n) is 4.50. The van der Waals surface area contributed by atoms with Crippen molar-refractivity contribution in [1.29, 1.82) is 0 Å². The Hall–Kier alpha value is -5.03. The van der Waals surface area contributed by atoms with Gasteiger partial charge in [0.1, 0.15) is 11.4 Å². The third kappa shape index (κ3) is 5.34. The first-order valence-electron chi connectivity index (χ1n) is 12.3. The number of carboxylic acid groups (broad SMARTS) is 1. The highest BCUT2D eigenvalue weighted by Gasteiger charge is 2.33. The maximum absolute atomic E-state index is 13.7. The third-order valence-corrected chi connectivity index (χ3v) is 6.97. The Kier molecular flexibility index (Phi) is 7.29. The molecule has 0 radical (unpaired) electrons. The summed E-state index contributed by atoms with van der Waals surface area (Å²) in [4.78, 5) is 10.9. The molecule has 0 bridgehead atoms. The summed E-state index contributed by atoms with van der Waals surface area (Å²) in [6.45, 7) is 3.70. The van der Waals surface area contributed by atoms with Gasteiger partial charge in [0.25, 0.3) is 0 Å². The zero-order chi connectivity index (χ0) is 30.3. The first-order chi connectivity index (χ1) is 19.8. The number of alkyl halides is 3. The molecule has 214 valence electrons. The molecule has 0 aliphatic heterocycles. The second kappa shape index (κ2) is 10.7. The largest absolute Gasteiger partial charge is 0.511 e. The van der Waals surface area contributed by atoms with Gasteiger partial charge in [-0.3, -0.25) is 4.57 Å². The summed E-state index contributed by atoms with van der Waals surface area (Å²) in [7, 11) is 0. The van der Waals surface area contributed by atoms with Crippen molar-refractivity contribution in [2.45, 2.75) is 20.0 Å². The fourth-order valence-corrected chi connectivity index (χ4v) is 4.80. The highest BCUT2D eigenvalue weighted by molar-refractivity contribution is 6.37. The van der Waals surface area contributed by atoms with Crippen LogP contribution in [0, 0.1) is 13.8 Å². The lowest BCUT2D eigenvalue weighted by Gasteiger charge is -2.12. The Labute approximate surface area is 241 Å². The highest BCUT2D eigenvalue weighted by Crippen LogP contribution is 2.48. The molecule has 5 aromatic rings. The minimum atomic E-state index is -4.70. The predicted octanol–water partition coefficient (Wildman–Crippen LogP) is 9.47. The molecule has 1 aromatic heterocycles. The molecule has 0 fully saturated rings. The number of hydrogen-bond donors (Lipinski definition) is 3. The summed E-state index contributed by atoms with van der Waals surface area (Å²) in [6.07, 6.45) is -6.20. The van der Waals surface area contributed by atoms with E-state index < -0.39 is 23.8 Å². The summed E-state index contributed by atoms with van der Waals surface area (Å²) in [6, 6.07) is 17.3. The van der Waals surface area contributed by atoms with Gasteiger partial charge in [0.05, 0.1) is 21.5 Å². The second-order valence-electron chi connectivity index (χ2n) is 9.40. The molecule has 8 nitrogen and oxygen atoms in total. The van der Waals surface area contributed by atoms with Crippen LogP contribution >= 0.6 is 11.6 Å². The van der Waals surface area contributed by atoms with Crippen LogP contribution in [0.4, 0.5) is 29.3 Å². The maximum Gasteiger partial charge on any atom is 0.511 e. The van der Waals surface area contributed by atoms with Gasteiger partial charge in [-0.25, -0.2) is 4.79 Å². The number of phenolic OH excluding ortho intramolecular Hbond substituents is 1. The van der Waals surface area contributed by atoms with Crippen molar-refractivity contribution in [3.05, 3.63) is 94.5 Å². The van der Waals surface area contributed by atoms with Gasteiger partial charge in [-0.1, -0.05) is 41.9 Å². The molecule has 3 N–H and O–H groups in total. The summed E-state index contributed by atoms with van der Waals surface area (Å²) in [5.41, 5.74) is 1.56. The van der Waals surface area contributed by atoms with Gasteiger partial charge in [0, 0.05) is 11.3 Å². The van der Waals surface area contributed by atoms with E-state index in [2.05, 4.69) is 15.0 Å². The lowest BCUT2D eigenvalue weighted by molar-refractivity contribution is -0.137. The van der Waals surface area contributed by atoms with E-state index in [1.54, 1.807) is 36.4 Å². The Morgan fingerprint density at radius 1 is 0.929 bits per heavy atom. The number of para-hydroxylation sites is 1. The van der Waals surface area contributed by atoms with Crippen LogP contribution < -0.4 is 4.74 Å². The molecule has 0 aliphatic rings. The SMILES string of the molecule is Cc1ccc(-n2c(O)c(N=Nc3cccc(-c4cccc(OC(=O)O)c4)c3O)c3c(Cl)cc(C(F)(F)F)cc32)cc1C. The Morgan fingerprint density at radius 3 is 2.36 bits per heavy atom. The molecule has 0 aliphatic carbocycles. The van der Waals surface area contributed by atoms with Crippen LogP contribution in [0.15, 0.2) is 83.0 Å². The zero-order valence-corrected chi connectivity index (χ0v) is 22.7. The average molecular weight is 596 g/mol. The molecular formula is C30H21ClF3N3O5. The third-order valence-electron chi connectivity index (χ3n) is 6.67. The Bertz CT molecular complexity index is 1900. The molecule has 0 saturated heterocycles. The Morgan fingerprint density at radius 2 is 1.67 bits per heavy atom. The van der Waals surface area contributed by atoms with E-state index in [9.17, 15) is 28.2 Å². The molecule has 1 heterocycles. The minimum Gasteiger partial charge on any atom is -0.505 e. The van der Waals surface area contributed by atoms with Crippen molar-refractivity contribution in [3.63, 3.8) is 0 Å².